The van der Waals surface area contributed by atoms with Gasteiger partial charge in [-0.25, -0.2) is 4.79 Å². The Bertz CT molecular complexity index is 466. The second-order valence-corrected chi connectivity index (χ2v) is 6.09. The Morgan fingerprint density at radius 2 is 1.41 bits per heavy atom. The molecule has 0 saturated carbocycles. The summed E-state index contributed by atoms with van der Waals surface area (Å²) in [5, 5.41) is 0.532. The van der Waals surface area contributed by atoms with E-state index in [-0.39, 0.29) is 25.9 Å². The molecular formula is C17H28N2O8. The molecule has 154 valence electrons. The fourth-order valence-electron chi connectivity index (χ4n) is 2.52. The minimum Gasteiger partial charge on any atom is -0.379 e. The zero-order chi connectivity index (χ0) is 19.3. The maximum absolute atomic E-state index is 11.5. The van der Waals surface area contributed by atoms with Gasteiger partial charge in [0.05, 0.1) is 59.3 Å². The van der Waals surface area contributed by atoms with Gasteiger partial charge in [0.25, 0.3) is 11.8 Å². The molecule has 2 rings (SSSR count). The highest BCUT2D eigenvalue weighted by Crippen LogP contribution is 2.12. The van der Waals surface area contributed by atoms with Crippen molar-refractivity contribution >= 4 is 17.8 Å². The molecule has 0 aliphatic carbocycles. The van der Waals surface area contributed by atoms with E-state index in [1.165, 1.54) is 0 Å². The maximum atomic E-state index is 11.5. The summed E-state index contributed by atoms with van der Waals surface area (Å²) in [6, 6.07) is 0. The lowest BCUT2D eigenvalue weighted by Crippen LogP contribution is -2.38. The Morgan fingerprint density at radius 1 is 0.852 bits per heavy atom. The SMILES string of the molecule is O=C(CCOCCOCCOCCN1CCOCC1)ON1C(=O)CCC1=O. The second-order valence-electron chi connectivity index (χ2n) is 6.09. The average Bonchev–Trinajstić information content (AvgIpc) is 2.99. The van der Waals surface area contributed by atoms with Crippen LogP contribution < -0.4 is 0 Å². The molecule has 2 fully saturated rings. The van der Waals surface area contributed by atoms with Crippen LogP contribution in [0.2, 0.25) is 0 Å². The molecule has 10 heteroatoms. The number of ether oxygens (including phenoxy) is 4. The summed E-state index contributed by atoms with van der Waals surface area (Å²) in [5.41, 5.74) is 0. The first kappa shape index (κ1) is 21.7. The van der Waals surface area contributed by atoms with Gasteiger partial charge < -0.3 is 23.8 Å². The maximum Gasteiger partial charge on any atom is 0.335 e. The molecule has 0 unspecified atom stereocenters. The monoisotopic (exact) mass is 388 g/mol. The number of nitrogens with zero attached hydrogens (tertiary/aromatic N) is 2. The molecule has 2 saturated heterocycles. The fourth-order valence-corrected chi connectivity index (χ4v) is 2.52. The van der Waals surface area contributed by atoms with E-state index in [4.69, 9.17) is 23.8 Å². The van der Waals surface area contributed by atoms with Crippen LogP contribution in [0.1, 0.15) is 19.3 Å². The lowest BCUT2D eigenvalue weighted by molar-refractivity contribution is -0.198. The molecule has 2 aliphatic heterocycles. The Kier molecular flexibility index (Phi) is 10.2. The molecule has 2 aliphatic rings. The number of morpholine rings is 1. The van der Waals surface area contributed by atoms with Crippen LogP contribution in [0.3, 0.4) is 0 Å². The zero-order valence-electron chi connectivity index (χ0n) is 15.6. The average molecular weight is 388 g/mol. The van der Waals surface area contributed by atoms with Crippen LogP contribution in [-0.4, -0.2) is 100 Å². The molecule has 0 aromatic carbocycles. The number of carbonyl (C=O) groups excluding carboxylic acids is 3. The van der Waals surface area contributed by atoms with E-state index in [0.717, 1.165) is 32.8 Å². The summed E-state index contributed by atoms with van der Waals surface area (Å²) in [7, 11) is 0. The van der Waals surface area contributed by atoms with Gasteiger partial charge in [-0.3, -0.25) is 14.5 Å². The quantitative estimate of drug-likeness (QED) is 0.301. The summed E-state index contributed by atoms with van der Waals surface area (Å²) in [6.07, 6.45) is 0.121. The number of hydroxylamine groups is 2. The van der Waals surface area contributed by atoms with Crippen LogP contribution >= 0.6 is 0 Å². The highest BCUT2D eigenvalue weighted by molar-refractivity contribution is 6.01. The lowest BCUT2D eigenvalue weighted by Gasteiger charge is -2.26. The number of amides is 2. The highest BCUT2D eigenvalue weighted by atomic mass is 16.7. The van der Waals surface area contributed by atoms with E-state index in [9.17, 15) is 14.4 Å². The topological polar surface area (TPSA) is 104 Å². The van der Waals surface area contributed by atoms with Gasteiger partial charge in [-0.05, 0) is 0 Å². The second kappa shape index (κ2) is 12.7. The van der Waals surface area contributed by atoms with Crippen LogP contribution in [0.25, 0.3) is 0 Å². The highest BCUT2D eigenvalue weighted by Gasteiger charge is 2.32. The molecule has 0 aromatic heterocycles. The first-order valence-electron chi connectivity index (χ1n) is 9.27. The van der Waals surface area contributed by atoms with E-state index in [2.05, 4.69) is 4.90 Å². The van der Waals surface area contributed by atoms with Gasteiger partial charge in [-0.2, -0.15) is 0 Å². The molecule has 0 bridgehead atoms. The number of imide groups is 1. The first-order chi connectivity index (χ1) is 13.2. The standard InChI is InChI=1S/C17H28N2O8/c20-15-1-2-16(21)19(15)27-17(22)3-7-23-11-13-26-14-12-25-10-6-18-4-8-24-9-5-18/h1-14H2. The van der Waals surface area contributed by atoms with Gasteiger partial charge in [0.1, 0.15) is 0 Å². The molecule has 2 heterocycles. The Morgan fingerprint density at radius 3 is 2.04 bits per heavy atom. The summed E-state index contributed by atoms with van der Waals surface area (Å²) in [5.74, 6) is -1.65. The molecule has 0 aromatic rings. The van der Waals surface area contributed by atoms with Gasteiger partial charge in [0.2, 0.25) is 0 Å². The van der Waals surface area contributed by atoms with Crippen molar-refractivity contribution in [2.75, 3.05) is 72.5 Å². The molecule has 0 atom stereocenters. The Hall–Kier alpha value is -1.59. The molecule has 27 heavy (non-hydrogen) atoms. The van der Waals surface area contributed by atoms with Crippen molar-refractivity contribution in [1.82, 2.24) is 9.96 Å². The molecule has 10 nitrogen and oxygen atoms in total. The van der Waals surface area contributed by atoms with E-state index in [0.29, 0.717) is 38.1 Å². The van der Waals surface area contributed by atoms with Gasteiger partial charge in [0, 0.05) is 32.5 Å². The summed E-state index contributed by atoms with van der Waals surface area (Å²) in [4.78, 5) is 41.2. The lowest BCUT2D eigenvalue weighted by atomic mass is 10.4. The molecular weight excluding hydrogens is 360 g/mol. The van der Waals surface area contributed by atoms with Crippen LogP contribution in [0.5, 0.6) is 0 Å². The normalized spacial score (nSPS) is 18.3. The van der Waals surface area contributed by atoms with Crippen molar-refractivity contribution in [2.45, 2.75) is 19.3 Å². The van der Waals surface area contributed by atoms with Crippen molar-refractivity contribution < 1.29 is 38.2 Å². The minimum atomic E-state index is -0.673. The minimum absolute atomic E-state index is 0.0400. The number of hydrogen-bond donors (Lipinski definition) is 0. The van der Waals surface area contributed by atoms with Crippen LogP contribution in [-0.2, 0) is 38.2 Å². The van der Waals surface area contributed by atoms with Crippen molar-refractivity contribution in [3.05, 3.63) is 0 Å². The zero-order valence-corrected chi connectivity index (χ0v) is 15.6. The smallest absolute Gasteiger partial charge is 0.335 e. The van der Waals surface area contributed by atoms with Crippen molar-refractivity contribution in [3.63, 3.8) is 0 Å². The number of hydrogen-bond acceptors (Lipinski definition) is 9. The molecule has 2 amide bonds. The van der Waals surface area contributed by atoms with E-state index in [1.54, 1.807) is 0 Å². The summed E-state index contributed by atoms with van der Waals surface area (Å²) in [6.45, 7) is 6.92. The molecule has 0 radical (unpaired) electrons. The van der Waals surface area contributed by atoms with Crippen molar-refractivity contribution in [3.8, 4) is 0 Å². The third kappa shape index (κ3) is 8.76. The third-order valence-corrected chi connectivity index (χ3v) is 4.05. The predicted octanol–water partition coefficient (Wildman–Crippen LogP) is -0.634. The predicted molar refractivity (Wildman–Crippen MR) is 91.5 cm³/mol. The third-order valence-electron chi connectivity index (χ3n) is 4.05. The largest absolute Gasteiger partial charge is 0.379 e. The van der Waals surface area contributed by atoms with Crippen LogP contribution in [0.4, 0.5) is 0 Å². The Labute approximate surface area is 158 Å². The Balaban J connectivity index is 1.34. The number of rotatable bonds is 13. The van der Waals surface area contributed by atoms with E-state index < -0.39 is 17.8 Å². The van der Waals surface area contributed by atoms with Gasteiger partial charge >= 0.3 is 5.97 Å². The van der Waals surface area contributed by atoms with Gasteiger partial charge in [-0.15, -0.1) is 5.06 Å². The fraction of sp³-hybridized carbons (Fsp3) is 0.824. The molecule has 0 spiro atoms. The van der Waals surface area contributed by atoms with Crippen molar-refractivity contribution in [1.29, 1.82) is 0 Å². The van der Waals surface area contributed by atoms with E-state index >= 15 is 0 Å². The molecule has 0 N–H and O–H groups in total. The summed E-state index contributed by atoms with van der Waals surface area (Å²) < 4.78 is 21.4. The number of carbonyl (C=O) groups is 3. The van der Waals surface area contributed by atoms with Crippen LogP contribution in [0.15, 0.2) is 0 Å². The van der Waals surface area contributed by atoms with E-state index in [1.807, 2.05) is 0 Å². The van der Waals surface area contributed by atoms with Crippen LogP contribution in [0, 0.1) is 0 Å². The van der Waals surface area contributed by atoms with Gasteiger partial charge in [0.15, 0.2) is 0 Å². The van der Waals surface area contributed by atoms with Crippen molar-refractivity contribution in [2.24, 2.45) is 0 Å². The first-order valence-corrected chi connectivity index (χ1v) is 9.27. The summed E-state index contributed by atoms with van der Waals surface area (Å²) >= 11 is 0. The van der Waals surface area contributed by atoms with Gasteiger partial charge in [-0.1, -0.05) is 0 Å².